The van der Waals surface area contributed by atoms with Gasteiger partial charge in [0.2, 0.25) is 5.91 Å². The van der Waals surface area contributed by atoms with Gasteiger partial charge in [0, 0.05) is 49.7 Å². The molecule has 1 saturated carbocycles. The number of hydrogen-bond acceptors (Lipinski definition) is 6. The maximum atomic E-state index is 13.1. The van der Waals surface area contributed by atoms with Crippen LogP contribution in [0, 0.1) is 16.0 Å². The van der Waals surface area contributed by atoms with Gasteiger partial charge in [-0.1, -0.05) is 6.07 Å². The summed E-state index contributed by atoms with van der Waals surface area (Å²) in [6.45, 7) is 2.25. The van der Waals surface area contributed by atoms with Crippen LogP contribution in [-0.4, -0.2) is 47.5 Å². The van der Waals surface area contributed by atoms with E-state index in [9.17, 15) is 14.9 Å². The van der Waals surface area contributed by atoms with Crippen molar-refractivity contribution in [3.05, 3.63) is 58.3 Å². The summed E-state index contributed by atoms with van der Waals surface area (Å²) in [5.41, 5.74) is 1.98. The molecule has 3 heterocycles. The van der Waals surface area contributed by atoms with Crippen molar-refractivity contribution >= 4 is 23.1 Å². The molecule has 1 N–H and O–H groups in total. The van der Waals surface area contributed by atoms with E-state index in [2.05, 4.69) is 20.1 Å². The highest BCUT2D eigenvalue weighted by Crippen LogP contribution is 2.38. The van der Waals surface area contributed by atoms with Crippen LogP contribution in [0.3, 0.4) is 0 Å². The Balaban J connectivity index is 1.48. The molecule has 1 aromatic carbocycles. The van der Waals surface area contributed by atoms with Crippen molar-refractivity contribution in [2.75, 3.05) is 29.4 Å². The fourth-order valence-electron chi connectivity index (χ4n) is 4.51. The molecule has 2 fully saturated rings. The van der Waals surface area contributed by atoms with Crippen LogP contribution in [0.25, 0.3) is 0 Å². The van der Waals surface area contributed by atoms with Crippen molar-refractivity contribution < 1.29 is 9.72 Å². The van der Waals surface area contributed by atoms with E-state index < -0.39 is 0 Å². The zero-order chi connectivity index (χ0) is 20.0. The molecule has 2 aliphatic heterocycles. The van der Waals surface area contributed by atoms with E-state index in [1.165, 1.54) is 0 Å². The standard InChI is InChI=1S/C21H23N5O3/c27-21(23-15-4-5-15)17-12-14-11-16(26(28)29)6-7-18(14)25-10-9-24(13-19(17)25)20-3-1-2-8-22-20/h1-3,6-8,11,15,17,19H,4-5,9-10,12-13H2,(H,23,27). The first-order chi connectivity index (χ1) is 14.1. The summed E-state index contributed by atoms with van der Waals surface area (Å²) in [4.78, 5) is 32.9. The van der Waals surface area contributed by atoms with Gasteiger partial charge in [0.1, 0.15) is 5.82 Å². The smallest absolute Gasteiger partial charge is 0.269 e. The van der Waals surface area contributed by atoms with Crippen molar-refractivity contribution in [2.24, 2.45) is 5.92 Å². The number of fused-ring (bicyclic) bond motifs is 3. The minimum absolute atomic E-state index is 0.0125. The molecule has 1 saturated heterocycles. The normalized spacial score (nSPS) is 23.2. The van der Waals surface area contributed by atoms with Gasteiger partial charge < -0.3 is 15.1 Å². The fourth-order valence-corrected chi connectivity index (χ4v) is 4.51. The Labute approximate surface area is 168 Å². The van der Waals surface area contributed by atoms with E-state index in [0.717, 1.165) is 43.0 Å². The van der Waals surface area contributed by atoms with Gasteiger partial charge in [-0.15, -0.1) is 0 Å². The van der Waals surface area contributed by atoms with Gasteiger partial charge in [-0.25, -0.2) is 4.98 Å². The number of piperazine rings is 1. The molecule has 0 radical (unpaired) electrons. The van der Waals surface area contributed by atoms with Gasteiger partial charge in [-0.2, -0.15) is 0 Å². The summed E-state index contributed by atoms with van der Waals surface area (Å²) >= 11 is 0. The van der Waals surface area contributed by atoms with Gasteiger partial charge in [-0.3, -0.25) is 14.9 Å². The second-order valence-corrected chi connectivity index (χ2v) is 8.06. The third kappa shape index (κ3) is 3.39. The van der Waals surface area contributed by atoms with E-state index >= 15 is 0 Å². The van der Waals surface area contributed by atoms with Gasteiger partial charge in [0.15, 0.2) is 0 Å². The zero-order valence-electron chi connectivity index (χ0n) is 16.0. The average Bonchev–Trinajstić information content (AvgIpc) is 3.56. The van der Waals surface area contributed by atoms with Gasteiger partial charge >= 0.3 is 0 Å². The van der Waals surface area contributed by atoms with Crippen molar-refractivity contribution in [3.63, 3.8) is 0 Å². The molecule has 5 rings (SSSR count). The summed E-state index contributed by atoms with van der Waals surface area (Å²) < 4.78 is 0. The van der Waals surface area contributed by atoms with E-state index in [-0.39, 0.29) is 34.5 Å². The summed E-state index contributed by atoms with van der Waals surface area (Å²) in [5.74, 6) is 0.738. The number of hydrogen-bond donors (Lipinski definition) is 1. The number of aromatic nitrogens is 1. The molecular weight excluding hydrogens is 370 g/mol. The van der Waals surface area contributed by atoms with Crippen molar-refractivity contribution in [1.82, 2.24) is 10.3 Å². The van der Waals surface area contributed by atoms with Crippen LogP contribution < -0.4 is 15.1 Å². The predicted molar refractivity (Wildman–Crippen MR) is 109 cm³/mol. The van der Waals surface area contributed by atoms with Gasteiger partial charge in [0.25, 0.3) is 5.69 Å². The SMILES string of the molecule is O=C(NC1CC1)C1Cc2cc([N+](=O)[O-])ccc2N2CCN(c3ccccn3)CC12. The largest absolute Gasteiger partial charge is 0.364 e. The van der Waals surface area contributed by atoms with Gasteiger partial charge in [0.05, 0.1) is 16.9 Å². The number of carbonyl (C=O) groups excluding carboxylic acids is 1. The molecule has 1 aromatic heterocycles. The minimum atomic E-state index is -0.370. The molecule has 29 heavy (non-hydrogen) atoms. The molecule has 2 aromatic rings. The first-order valence-corrected chi connectivity index (χ1v) is 10.1. The monoisotopic (exact) mass is 393 g/mol. The molecule has 3 aliphatic rings. The fraction of sp³-hybridized carbons (Fsp3) is 0.429. The molecule has 0 bridgehead atoms. The van der Waals surface area contributed by atoms with Crippen LogP contribution in [0.1, 0.15) is 18.4 Å². The minimum Gasteiger partial charge on any atom is -0.364 e. The van der Waals surface area contributed by atoms with Crippen molar-refractivity contribution in [3.8, 4) is 0 Å². The van der Waals surface area contributed by atoms with Crippen molar-refractivity contribution in [1.29, 1.82) is 0 Å². The average molecular weight is 393 g/mol. The third-order valence-corrected chi connectivity index (χ3v) is 6.14. The molecule has 2 unspecified atom stereocenters. The molecule has 1 amide bonds. The Kier molecular flexibility index (Phi) is 4.34. The molecule has 1 aliphatic carbocycles. The molecule has 0 spiro atoms. The second kappa shape index (κ2) is 7.02. The number of carbonyl (C=O) groups is 1. The van der Waals surface area contributed by atoms with Crippen LogP contribution in [0.5, 0.6) is 0 Å². The number of benzene rings is 1. The quantitative estimate of drug-likeness (QED) is 0.632. The first kappa shape index (κ1) is 17.9. The number of pyridine rings is 1. The summed E-state index contributed by atoms with van der Waals surface area (Å²) in [6, 6.07) is 11.2. The summed E-state index contributed by atoms with van der Waals surface area (Å²) in [6.07, 6.45) is 4.38. The lowest BCUT2D eigenvalue weighted by Crippen LogP contribution is -2.61. The molecular formula is C21H23N5O3. The Morgan fingerprint density at radius 3 is 2.79 bits per heavy atom. The highest BCUT2D eigenvalue weighted by molar-refractivity contribution is 5.83. The Hall–Kier alpha value is -3.16. The predicted octanol–water partition coefficient (Wildman–Crippen LogP) is 2.14. The Bertz CT molecular complexity index is 947. The highest BCUT2D eigenvalue weighted by Gasteiger charge is 2.43. The molecule has 2 atom stereocenters. The van der Waals surface area contributed by atoms with E-state index in [1.54, 1.807) is 18.3 Å². The Morgan fingerprint density at radius 2 is 2.07 bits per heavy atom. The Morgan fingerprint density at radius 1 is 1.21 bits per heavy atom. The van der Waals surface area contributed by atoms with E-state index in [0.29, 0.717) is 13.0 Å². The molecule has 8 heteroatoms. The lowest BCUT2D eigenvalue weighted by molar-refractivity contribution is -0.384. The summed E-state index contributed by atoms with van der Waals surface area (Å²) in [7, 11) is 0. The lowest BCUT2D eigenvalue weighted by Gasteiger charge is -2.49. The number of nitro benzene ring substituents is 1. The maximum Gasteiger partial charge on any atom is 0.269 e. The summed E-state index contributed by atoms with van der Waals surface area (Å²) in [5, 5.41) is 14.4. The van der Waals surface area contributed by atoms with Crippen molar-refractivity contribution in [2.45, 2.75) is 31.3 Å². The molecule has 8 nitrogen and oxygen atoms in total. The highest BCUT2D eigenvalue weighted by atomic mass is 16.6. The number of nitro groups is 1. The number of nitrogens with zero attached hydrogens (tertiary/aromatic N) is 4. The zero-order valence-corrected chi connectivity index (χ0v) is 16.0. The topological polar surface area (TPSA) is 91.6 Å². The number of nitrogens with one attached hydrogen (secondary N) is 1. The third-order valence-electron chi connectivity index (χ3n) is 6.14. The number of non-ortho nitro benzene ring substituents is 1. The van der Waals surface area contributed by atoms with Crippen LogP contribution in [0.2, 0.25) is 0 Å². The van der Waals surface area contributed by atoms with Crippen LogP contribution in [-0.2, 0) is 11.2 Å². The number of amides is 1. The second-order valence-electron chi connectivity index (χ2n) is 8.06. The van der Waals surface area contributed by atoms with E-state index in [4.69, 9.17) is 0 Å². The number of rotatable bonds is 4. The van der Waals surface area contributed by atoms with Crippen LogP contribution in [0.4, 0.5) is 17.2 Å². The maximum absolute atomic E-state index is 13.1. The lowest BCUT2D eigenvalue weighted by atomic mass is 9.83. The van der Waals surface area contributed by atoms with Crippen LogP contribution >= 0.6 is 0 Å². The first-order valence-electron chi connectivity index (χ1n) is 10.1. The van der Waals surface area contributed by atoms with Crippen LogP contribution in [0.15, 0.2) is 42.6 Å². The van der Waals surface area contributed by atoms with Gasteiger partial charge in [-0.05, 0) is 43.0 Å². The molecule has 150 valence electrons. The van der Waals surface area contributed by atoms with E-state index in [1.807, 2.05) is 24.3 Å². The number of anilines is 2.